The summed E-state index contributed by atoms with van der Waals surface area (Å²) in [6.07, 6.45) is 5.36. The maximum absolute atomic E-state index is 6.08. The molecule has 0 saturated carbocycles. The molecule has 1 atom stereocenters. The molecule has 0 spiro atoms. The molecule has 4 N–H and O–H groups in total. The third-order valence-electron chi connectivity index (χ3n) is 5.33. The van der Waals surface area contributed by atoms with Gasteiger partial charge in [0.15, 0.2) is 0 Å². The number of nitrogen functional groups attached to an aromatic ring is 1. The molecule has 0 radical (unpaired) electrons. The van der Waals surface area contributed by atoms with Crippen molar-refractivity contribution in [3.8, 4) is 0 Å². The predicted octanol–water partition coefficient (Wildman–Crippen LogP) is 2.45. The lowest BCUT2D eigenvalue weighted by Gasteiger charge is -2.35. The van der Waals surface area contributed by atoms with Crippen LogP contribution in [0.3, 0.4) is 0 Å². The van der Waals surface area contributed by atoms with Gasteiger partial charge in [0, 0.05) is 30.6 Å². The molecular formula is C19H25N5. The molecule has 126 valence electrons. The van der Waals surface area contributed by atoms with Gasteiger partial charge >= 0.3 is 0 Å². The van der Waals surface area contributed by atoms with E-state index < -0.39 is 0 Å². The monoisotopic (exact) mass is 323 g/mol. The van der Waals surface area contributed by atoms with Crippen molar-refractivity contribution in [3.05, 3.63) is 47.2 Å². The Labute approximate surface area is 143 Å². The quantitative estimate of drug-likeness (QED) is 0.887. The lowest BCUT2D eigenvalue weighted by Crippen LogP contribution is -2.41. The molecule has 1 fully saturated rings. The summed E-state index contributed by atoms with van der Waals surface area (Å²) < 4.78 is 0. The van der Waals surface area contributed by atoms with E-state index in [1.54, 1.807) is 0 Å². The Morgan fingerprint density at radius 2 is 1.75 bits per heavy atom. The van der Waals surface area contributed by atoms with Gasteiger partial charge in [-0.25, -0.2) is 4.98 Å². The molecule has 1 aromatic carbocycles. The van der Waals surface area contributed by atoms with E-state index in [1.807, 2.05) is 0 Å². The number of hydrogen-bond acceptors (Lipinski definition) is 5. The van der Waals surface area contributed by atoms with Gasteiger partial charge < -0.3 is 16.4 Å². The van der Waals surface area contributed by atoms with E-state index in [-0.39, 0.29) is 0 Å². The fourth-order valence-electron chi connectivity index (χ4n) is 4.04. The van der Waals surface area contributed by atoms with Crippen LogP contribution in [0.2, 0.25) is 0 Å². The van der Waals surface area contributed by atoms with Crippen LogP contribution >= 0.6 is 0 Å². The van der Waals surface area contributed by atoms with Crippen LogP contribution in [0.5, 0.6) is 0 Å². The zero-order chi connectivity index (χ0) is 16.5. The number of piperidine rings is 1. The summed E-state index contributed by atoms with van der Waals surface area (Å²) >= 11 is 0. The van der Waals surface area contributed by atoms with Gasteiger partial charge in [0.1, 0.15) is 5.82 Å². The van der Waals surface area contributed by atoms with Crippen molar-refractivity contribution in [3.63, 3.8) is 0 Å². The van der Waals surface area contributed by atoms with E-state index in [2.05, 4.69) is 45.2 Å². The van der Waals surface area contributed by atoms with Gasteiger partial charge in [-0.3, -0.25) is 0 Å². The number of fused-ring (bicyclic) bond motifs is 1. The lowest BCUT2D eigenvalue weighted by atomic mass is 9.82. The van der Waals surface area contributed by atoms with Gasteiger partial charge in [-0.2, -0.15) is 4.98 Å². The van der Waals surface area contributed by atoms with Gasteiger partial charge in [0.25, 0.3) is 0 Å². The maximum atomic E-state index is 6.08. The first-order valence-electron chi connectivity index (χ1n) is 8.94. The van der Waals surface area contributed by atoms with E-state index in [0.29, 0.717) is 17.9 Å². The highest BCUT2D eigenvalue weighted by Gasteiger charge is 2.29. The van der Waals surface area contributed by atoms with E-state index in [4.69, 9.17) is 11.5 Å². The van der Waals surface area contributed by atoms with Crippen molar-refractivity contribution < 1.29 is 0 Å². The van der Waals surface area contributed by atoms with Gasteiger partial charge in [0.2, 0.25) is 5.95 Å². The van der Waals surface area contributed by atoms with Crippen molar-refractivity contribution in [2.24, 2.45) is 5.73 Å². The highest BCUT2D eigenvalue weighted by atomic mass is 15.2. The number of nitrogens with two attached hydrogens (primary N) is 2. The van der Waals surface area contributed by atoms with Crippen LogP contribution in [0, 0.1) is 0 Å². The van der Waals surface area contributed by atoms with E-state index in [1.165, 1.54) is 17.5 Å². The Morgan fingerprint density at radius 3 is 2.50 bits per heavy atom. The smallest absolute Gasteiger partial charge is 0.222 e. The largest absolute Gasteiger partial charge is 0.368 e. The standard InChI is InChI=1S/C19H25N5/c20-14-9-11-24(12-10-14)18-16-8-4-7-15(13-5-2-1-3-6-13)17(16)22-19(21)23-18/h1-3,5-6,14-15H,4,7-12,20H2,(H2,21,22,23). The molecule has 1 aromatic heterocycles. The van der Waals surface area contributed by atoms with Crippen molar-refractivity contribution in [1.29, 1.82) is 0 Å². The van der Waals surface area contributed by atoms with Crippen LogP contribution < -0.4 is 16.4 Å². The Morgan fingerprint density at radius 1 is 1.00 bits per heavy atom. The van der Waals surface area contributed by atoms with Crippen molar-refractivity contribution in [2.75, 3.05) is 23.7 Å². The lowest BCUT2D eigenvalue weighted by molar-refractivity contribution is 0.495. The average molecular weight is 323 g/mol. The second-order valence-corrected chi connectivity index (χ2v) is 6.95. The minimum atomic E-state index is 0.313. The van der Waals surface area contributed by atoms with Gasteiger partial charge in [-0.05, 0) is 37.7 Å². The first-order valence-corrected chi connectivity index (χ1v) is 8.94. The number of anilines is 2. The summed E-state index contributed by atoms with van der Waals surface area (Å²) in [7, 11) is 0. The van der Waals surface area contributed by atoms with Crippen LogP contribution in [0.1, 0.15) is 48.4 Å². The summed E-state index contributed by atoms with van der Waals surface area (Å²) in [4.78, 5) is 11.6. The average Bonchev–Trinajstić information content (AvgIpc) is 2.62. The van der Waals surface area contributed by atoms with Crippen LogP contribution in [0.15, 0.2) is 30.3 Å². The molecule has 1 saturated heterocycles. The highest BCUT2D eigenvalue weighted by molar-refractivity contribution is 5.55. The van der Waals surface area contributed by atoms with Crippen LogP contribution in [-0.2, 0) is 6.42 Å². The molecule has 0 amide bonds. The molecule has 0 bridgehead atoms. The second kappa shape index (κ2) is 6.40. The van der Waals surface area contributed by atoms with E-state index >= 15 is 0 Å². The summed E-state index contributed by atoms with van der Waals surface area (Å²) in [5.74, 6) is 1.76. The minimum Gasteiger partial charge on any atom is -0.368 e. The summed E-state index contributed by atoms with van der Waals surface area (Å²) in [5, 5.41) is 0. The molecule has 2 aromatic rings. The van der Waals surface area contributed by atoms with Gasteiger partial charge in [0.05, 0.1) is 5.69 Å². The zero-order valence-corrected chi connectivity index (χ0v) is 14.0. The third kappa shape index (κ3) is 2.84. The number of benzene rings is 1. The molecule has 1 unspecified atom stereocenters. The Bertz CT molecular complexity index is 707. The van der Waals surface area contributed by atoms with Crippen molar-refractivity contribution in [1.82, 2.24) is 9.97 Å². The summed E-state index contributed by atoms with van der Waals surface area (Å²) in [5.41, 5.74) is 15.9. The molecule has 5 heteroatoms. The van der Waals surface area contributed by atoms with Crippen LogP contribution in [-0.4, -0.2) is 29.1 Å². The summed E-state index contributed by atoms with van der Waals surface area (Å²) in [6, 6.07) is 11.0. The SMILES string of the molecule is Nc1nc2c(c(N3CCC(N)CC3)n1)CCCC2c1ccccc1. The molecule has 1 aliphatic carbocycles. The maximum Gasteiger partial charge on any atom is 0.222 e. The first-order chi connectivity index (χ1) is 11.7. The molecule has 4 rings (SSSR count). The van der Waals surface area contributed by atoms with Crippen molar-refractivity contribution >= 4 is 11.8 Å². The number of nitrogens with zero attached hydrogens (tertiary/aromatic N) is 3. The first kappa shape index (κ1) is 15.4. The fraction of sp³-hybridized carbons (Fsp3) is 0.474. The third-order valence-corrected chi connectivity index (χ3v) is 5.33. The second-order valence-electron chi connectivity index (χ2n) is 6.95. The molecule has 2 aliphatic rings. The van der Waals surface area contributed by atoms with Crippen molar-refractivity contribution in [2.45, 2.75) is 44.1 Å². The van der Waals surface area contributed by atoms with Gasteiger partial charge in [-0.15, -0.1) is 0 Å². The topological polar surface area (TPSA) is 81.1 Å². The predicted molar refractivity (Wildman–Crippen MR) is 97.1 cm³/mol. The minimum absolute atomic E-state index is 0.313. The number of aromatic nitrogens is 2. The molecule has 1 aliphatic heterocycles. The summed E-state index contributed by atoms with van der Waals surface area (Å²) in [6.45, 7) is 1.92. The Kier molecular flexibility index (Phi) is 4.10. The highest BCUT2D eigenvalue weighted by Crippen LogP contribution is 2.39. The molecule has 2 heterocycles. The Balaban J connectivity index is 1.74. The zero-order valence-electron chi connectivity index (χ0n) is 14.0. The molecule has 24 heavy (non-hydrogen) atoms. The van der Waals surface area contributed by atoms with Crippen LogP contribution in [0.25, 0.3) is 0 Å². The molecular weight excluding hydrogens is 298 g/mol. The van der Waals surface area contributed by atoms with E-state index in [9.17, 15) is 0 Å². The Hall–Kier alpha value is -2.14. The van der Waals surface area contributed by atoms with E-state index in [0.717, 1.165) is 50.3 Å². The normalized spacial score (nSPS) is 21.5. The fourth-order valence-corrected chi connectivity index (χ4v) is 4.04. The number of hydrogen-bond donors (Lipinski definition) is 2. The number of rotatable bonds is 2. The van der Waals surface area contributed by atoms with Gasteiger partial charge in [-0.1, -0.05) is 30.3 Å². The molecule has 5 nitrogen and oxygen atoms in total. The van der Waals surface area contributed by atoms with Crippen LogP contribution in [0.4, 0.5) is 11.8 Å².